The van der Waals surface area contributed by atoms with Gasteiger partial charge in [0.25, 0.3) is 0 Å². The van der Waals surface area contributed by atoms with Gasteiger partial charge >= 0.3 is 15.6 Å². The Morgan fingerprint density at radius 3 is 2.44 bits per heavy atom. The van der Waals surface area contributed by atoms with Crippen LogP contribution in [0.2, 0.25) is 0 Å². The maximum atomic E-state index is 12.7. The monoisotopic (exact) mass is 391 g/mol. The lowest BCUT2D eigenvalue weighted by Gasteiger charge is -2.22. The van der Waals surface area contributed by atoms with Gasteiger partial charge in [0.1, 0.15) is 11.5 Å². The predicted octanol–water partition coefficient (Wildman–Crippen LogP) is 4.71. The number of alkyl halides is 3. The topological polar surface area (TPSA) is 76.4 Å². The van der Waals surface area contributed by atoms with Crippen molar-refractivity contribution in [3.63, 3.8) is 0 Å². The molecule has 0 amide bonds. The van der Waals surface area contributed by atoms with Gasteiger partial charge in [-0.2, -0.15) is 26.9 Å². The van der Waals surface area contributed by atoms with E-state index >= 15 is 0 Å². The lowest BCUT2D eigenvalue weighted by atomic mass is 9.93. The summed E-state index contributed by atoms with van der Waals surface area (Å²) in [4.78, 5) is 0. The van der Waals surface area contributed by atoms with Crippen LogP contribution < -0.4 is 8.92 Å². The highest BCUT2D eigenvalue weighted by Gasteiger charge is 2.48. The fraction of sp³-hybridized carbons (Fsp3) is 0.0556. The molecule has 0 aliphatic carbocycles. The van der Waals surface area contributed by atoms with Gasteiger partial charge in [-0.25, -0.2) is 0 Å². The van der Waals surface area contributed by atoms with Gasteiger partial charge in [0.15, 0.2) is 5.75 Å². The molecule has 3 aromatic carbocycles. The first-order valence-corrected chi connectivity index (χ1v) is 8.91. The molecule has 1 heterocycles. The predicted molar refractivity (Wildman–Crippen MR) is 89.8 cm³/mol. The van der Waals surface area contributed by atoms with Crippen LogP contribution >= 0.6 is 0 Å². The van der Waals surface area contributed by atoms with E-state index < -0.39 is 21.4 Å². The second-order valence-corrected chi connectivity index (χ2v) is 7.24. The van der Waals surface area contributed by atoms with Crippen molar-refractivity contribution in [1.29, 1.82) is 5.26 Å². The van der Waals surface area contributed by atoms with E-state index in [-0.39, 0.29) is 5.39 Å². The van der Waals surface area contributed by atoms with Gasteiger partial charge in [0, 0.05) is 16.3 Å². The molecule has 1 aliphatic heterocycles. The lowest BCUT2D eigenvalue weighted by Crippen LogP contribution is -2.28. The van der Waals surface area contributed by atoms with Crippen LogP contribution in [-0.2, 0) is 10.1 Å². The number of nitriles is 1. The van der Waals surface area contributed by atoms with E-state index in [1.54, 1.807) is 24.3 Å². The molecular formula is C18H8F3NO4S. The molecule has 0 saturated heterocycles. The minimum absolute atomic E-state index is 0.160. The quantitative estimate of drug-likeness (QED) is 0.365. The molecule has 0 atom stereocenters. The summed E-state index contributed by atoms with van der Waals surface area (Å²) < 4.78 is 70.8. The summed E-state index contributed by atoms with van der Waals surface area (Å²) in [5, 5.41) is 9.61. The molecule has 0 N–H and O–H groups in total. The molecule has 0 saturated carbocycles. The molecule has 1 aliphatic rings. The molecule has 0 aromatic heterocycles. The summed E-state index contributed by atoms with van der Waals surface area (Å²) in [6.45, 7) is 0. The zero-order valence-corrected chi connectivity index (χ0v) is 14.1. The van der Waals surface area contributed by atoms with Gasteiger partial charge in [0.2, 0.25) is 0 Å². The Kier molecular flexibility index (Phi) is 3.58. The number of fused-ring (bicyclic) bond motifs is 2. The summed E-state index contributed by atoms with van der Waals surface area (Å²) in [7, 11) is -5.80. The van der Waals surface area contributed by atoms with Gasteiger partial charge < -0.3 is 8.92 Å². The molecule has 0 unspecified atom stereocenters. The van der Waals surface area contributed by atoms with Crippen LogP contribution in [0, 0.1) is 11.3 Å². The van der Waals surface area contributed by atoms with Gasteiger partial charge in [-0.3, -0.25) is 0 Å². The number of halogens is 3. The molecule has 0 bridgehead atoms. The molecule has 136 valence electrons. The minimum atomic E-state index is -5.80. The summed E-state index contributed by atoms with van der Waals surface area (Å²) in [5.41, 5.74) is -3.89. The maximum Gasteiger partial charge on any atom is 0.534 e. The molecule has 27 heavy (non-hydrogen) atoms. The van der Waals surface area contributed by atoms with E-state index in [0.29, 0.717) is 33.6 Å². The van der Waals surface area contributed by atoms with Crippen LogP contribution in [0.3, 0.4) is 0 Å². The fourth-order valence-corrected chi connectivity index (χ4v) is 3.39. The normalized spacial score (nSPS) is 12.8. The van der Waals surface area contributed by atoms with E-state index in [9.17, 15) is 21.6 Å². The molecule has 0 radical (unpaired) electrons. The van der Waals surface area contributed by atoms with Crippen LogP contribution in [0.5, 0.6) is 17.2 Å². The molecule has 4 rings (SSSR count). The third kappa shape index (κ3) is 2.65. The smallest absolute Gasteiger partial charge is 0.456 e. The van der Waals surface area contributed by atoms with Crippen molar-refractivity contribution in [3.8, 4) is 34.4 Å². The van der Waals surface area contributed by atoms with Crippen molar-refractivity contribution in [2.24, 2.45) is 0 Å². The Morgan fingerprint density at radius 2 is 1.74 bits per heavy atom. The van der Waals surface area contributed by atoms with Crippen LogP contribution in [0.15, 0.2) is 48.5 Å². The first-order chi connectivity index (χ1) is 12.7. The number of benzene rings is 3. The summed E-state index contributed by atoms with van der Waals surface area (Å²) in [6.07, 6.45) is 0. The zero-order valence-electron chi connectivity index (χ0n) is 13.2. The Labute approximate surface area is 151 Å². The highest BCUT2D eigenvalue weighted by Crippen LogP contribution is 2.49. The van der Waals surface area contributed by atoms with Crippen LogP contribution in [0.1, 0.15) is 5.56 Å². The molecule has 3 aromatic rings. The van der Waals surface area contributed by atoms with Crippen molar-refractivity contribution < 1.29 is 30.5 Å². The van der Waals surface area contributed by atoms with Crippen molar-refractivity contribution >= 4 is 20.9 Å². The molecule has 5 nitrogen and oxygen atoms in total. The van der Waals surface area contributed by atoms with E-state index in [1.165, 1.54) is 18.2 Å². The number of hydrogen-bond acceptors (Lipinski definition) is 5. The second kappa shape index (κ2) is 5.62. The van der Waals surface area contributed by atoms with Crippen molar-refractivity contribution in [2.75, 3.05) is 0 Å². The first kappa shape index (κ1) is 17.2. The summed E-state index contributed by atoms with van der Waals surface area (Å²) >= 11 is 0. The third-order valence-corrected chi connectivity index (χ3v) is 5.03. The zero-order chi connectivity index (χ0) is 19.4. The van der Waals surface area contributed by atoms with Crippen molar-refractivity contribution in [1.82, 2.24) is 0 Å². The Bertz CT molecular complexity index is 1240. The van der Waals surface area contributed by atoms with Crippen LogP contribution in [-0.4, -0.2) is 13.9 Å². The average Bonchev–Trinajstić information content (AvgIpc) is 2.62. The van der Waals surface area contributed by atoms with E-state index in [2.05, 4.69) is 4.18 Å². The summed E-state index contributed by atoms with van der Waals surface area (Å²) in [6, 6.07) is 14.0. The highest BCUT2D eigenvalue weighted by atomic mass is 32.2. The average molecular weight is 391 g/mol. The minimum Gasteiger partial charge on any atom is -0.456 e. The Hall–Kier alpha value is -3.25. The third-order valence-electron chi connectivity index (χ3n) is 4.07. The lowest BCUT2D eigenvalue weighted by molar-refractivity contribution is -0.0499. The largest absolute Gasteiger partial charge is 0.534 e. The highest BCUT2D eigenvalue weighted by molar-refractivity contribution is 7.88. The first-order valence-electron chi connectivity index (χ1n) is 7.50. The van der Waals surface area contributed by atoms with E-state index in [1.807, 2.05) is 6.07 Å². The Morgan fingerprint density at radius 1 is 1.00 bits per heavy atom. The van der Waals surface area contributed by atoms with Crippen molar-refractivity contribution in [2.45, 2.75) is 5.51 Å². The number of nitrogens with zero attached hydrogens (tertiary/aromatic N) is 1. The SMILES string of the molecule is N#Cc1ccc2c(c1)Oc1cccc3c(OS(=O)(=O)C(F)(F)F)ccc-2c13. The molecular weight excluding hydrogens is 383 g/mol. The van der Waals surface area contributed by atoms with Crippen molar-refractivity contribution in [3.05, 3.63) is 54.1 Å². The van der Waals surface area contributed by atoms with E-state index in [0.717, 1.165) is 6.07 Å². The molecule has 0 spiro atoms. The number of hydrogen-bond donors (Lipinski definition) is 0. The van der Waals surface area contributed by atoms with Crippen LogP contribution in [0.25, 0.3) is 21.9 Å². The van der Waals surface area contributed by atoms with Crippen LogP contribution in [0.4, 0.5) is 13.2 Å². The maximum absolute atomic E-state index is 12.7. The molecule has 9 heteroatoms. The number of rotatable bonds is 2. The van der Waals surface area contributed by atoms with Gasteiger partial charge in [-0.15, -0.1) is 0 Å². The standard InChI is InChI=1S/C18H8F3NO4S/c19-18(20,21)27(23,24)26-14-7-6-12-11-5-4-10(9-22)8-16(11)25-15-3-1-2-13(14)17(12)15/h1-8H. The van der Waals surface area contributed by atoms with Gasteiger partial charge in [-0.1, -0.05) is 12.1 Å². The molecule has 0 fully saturated rings. The van der Waals surface area contributed by atoms with E-state index in [4.69, 9.17) is 10.00 Å². The fourth-order valence-electron chi connectivity index (χ4n) is 2.91. The Balaban J connectivity index is 1.93. The van der Waals surface area contributed by atoms with Gasteiger partial charge in [0.05, 0.1) is 11.6 Å². The second-order valence-electron chi connectivity index (χ2n) is 5.70. The van der Waals surface area contributed by atoms with Gasteiger partial charge in [-0.05, 0) is 42.0 Å². The summed E-state index contributed by atoms with van der Waals surface area (Å²) in [5.74, 6) is 0.291. The number of ether oxygens (including phenoxy) is 1.